The van der Waals surface area contributed by atoms with Crippen molar-refractivity contribution in [2.45, 2.75) is 142 Å². The Morgan fingerprint density at radius 3 is 1.31 bits per heavy atom. The van der Waals surface area contributed by atoms with E-state index in [0.717, 1.165) is 12.8 Å². The highest BCUT2D eigenvalue weighted by Gasteiger charge is 2.00. The van der Waals surface area contributed by atoms with Crippen molar-refractivity contribution in [1.29, 1.82) is 0 Å². The van der Waals surface area contributed by atoms with Gasteiger partial charge in [0, 0.05) is 6.61 Å². The van der Waals surface area contributed by atoms with E-state index >= 15 is 0 Å². The van der Waals surface area contributed by atoms with Gasteiger partial charge in [0.2, 0.25) is 0 Å². The lowest BCUT2D eigenvalue weighted by molar-refractivity contribution is 0.289. The Morgan fingerprint density at radius 2 is 0.923 bits per heavy atom. The summed E-state index contributed by atoms with van der Waals surface area (Å²) in [6.45, 7) is 4.91. The van der Waals surface area contributed by atoms with Crippen LogP contribution in [0.15, 0.2) is 11.6 Å². The molecule has 0 aliphatic carbocycles. The van der Waals surface area contributed by atoms with Crippen LogP contribution in [0.2, 0.25) is 0 Å². The molecule has 156 valence electrons. The first kappa shape index (κ1) is 25.7. The molecule has 0 aromatic carbocycles. The number of hydrogen-bond acceptors (Lipinski definition) is 1. The first-order valence-corrected chi connectivity index (χ1v) is 12.1. The molecule has 1 heteroatoms. The summed E-state index contributed by atoms with van der Waals surface area (Å²) in [4.78, 5) is 0. The van der Waals surface area contributed by atoms with Gasteiger partial charge in [0.05, 0.1) is 0 Å². The third-order valence-corrected chi connectivity index (χ3v) is 5.50. The maximum absolute atomic E-state index is 9.02. The summed E-state index contributed by atoms with van der Waals surface area (Å²) in [6.07, 6.45) is 29.6. The van der Waals surface area contributed by atoms with Crippen molar-refractivity contribution in [2.24, 2.45) is 0 Å². The van der Waals surface area contributed by atoms with E-state index in [1.165, 1.54) is 116 Å². The molecule has 0 saturated heterocycles. The van der Waals surface area contributed by atoms with E-state index in [1.54, 1.807) is 5.57 Å². The lowest BCUT2D eigenvalue weighted by Gasteiger charge is -2.09. The molecule has 0 aliphatic heterocycles. The molecule has 0 atom stereocenters. The lowest BCUT2D eigenvalue weighted by atomic mass is 9.98. The normalized spacial score (nSPS) is 11.0. The van der Waals surface area contributed by atoms with E-state index in [1.807, 2.05) is 0 Å². The summed E-state index contributed by atoms with van der Waals surface area (Å²) in [7, 11) is 0. The molecule has 0 unspecified atom stereocenters. The van der Waals surface area contributed by atoms with Crippen LogP contribution in [0.4, 0.5) is 0 Å². The fourth-order valence-electron chi connectivity index (χ4n) is 3.70. The fourth-order valence-corrected chi connectivity index (χ4v) is 3.70. The molecular formula is C25H50O. The van der Waals surface area contributed by atoms with Crippen molar-refractivity contribution >= 4 is 0 Å². The number of rotatable bonds is 21. The van der Waals surface area contributed by atoms with Crippen LogP contribution < -0.4 is 0 Å². The Bertz CT molecular complexity index is 260. The van der Waals surface area contributed by atoms with Crippen molar-refractivity contribution in [2.75, 3.05) is 6.61 Å². The molecule has 0 heterocycles. The van der Waals surface area contributed by atoms with Crippen LogP contribution in [-0.2, 0) is 0 Å². The van der Waals surface area contributed by atoms with Crippen molar-refractivity contribution in [3.05, 3.63) is 11.6 Å². The molecule has 0 rings (SSSR count). The Morgan fingerprint density at radius 1 is 0.538 bits per heavy atom. The van der Waals surface area contributed by atoms with Gasteiger partial charge in [0.25, 0.3) is 0 Å². The molecule has 1 nitrogen and oxygen atoms in total. The molecule has 0 aromatic heterocycles. The maximum atomic E-state index is 9.02. The summed E-state index contributed by atoms with van der Waals surface area (Å²) < 4.78 is 0. The van der Waals surface area contributed by atoms with Crippen LogP contribution in [0, 0.1) is 0 Å². The Kier molecular flexibility index (Phi) is 22.5. The molecule has 0 fully saturated rings. The van der Waals surface area contributed by atoms with Gasteiger partial charge in [-0.2, -0.15) is 0 Å². The first-order valence-electron chi connectivity index (χ1n) is 12.1. The predicted molar refractivity (Wildman–Crippen MR) is 119 cm³/mol. The van der Waals surface area contributed by atoms with E-state index in [2.05, 4.69) is 19.9 Å². The number of unbranched alkanes of at least 4 members (excludes halogenated alkanes) is 15. The van der Waals surface area contributed by atoms with Crippen LogP contribution in [0.25, 0.3) is 0 Å². The summed E-state index contributed by atoms with van der Waals surface area (Å²) >= 11 is 0. The SMILES string of the molecule is CCCCCCCCCCC(=CCCCO)CCCCCCCCCC. The van der Waals surface area contributed by atoms with E-state index < -0.39 is 0 Å². The third kappa shape index (κ3) is 20.0. The number of aliphatic hydroxyl groups is 1. The molecule has 0 radical (unpaired) electrons. The Hall–Kier alpha value is -0.300. The highest BCUT2D eigenvalue weighted by molar-refractivity contribution is 5.01. The third-order valence-electron chi connectivity index (χ3n) is 5.50. The monoisotopic (exact) mass is 366 g/mol. The topological polar surface area (TPSA) is 20.2 Å². The highest BCUT2D eigenvalue weighted by atomic mass is 16.2. The van der Waals surface area contributed by atoms with Gasteiger partial charge in [-0.1, -0.05) is 115 Å². The molecule has 0 saturated carbocycles. The minimum absolute atomic E-state index is 0.333. The summed E-state index contributed by atoms with van der Waals surface area (Å²) in [5.41, 5.74) is 1.68. The van der Waals surface area contributed by atoms with Gasteiger partial charge in [-0.15, -0.1) is 0 Å². The van der Waals surface area contributed by atoms with Gasteiger partial charge in [-0.05, 0) is 38.5 Å². The van der Waals surface area contributed by atoms with E-state index in [9.17, 15) is 0 Å². The lowest BCUT2D eigenvalue weighted by Crippen LogP contribution is -1.90. The zero-order valence-corrected chi connectivity index (χ0v) is 18.4. The largest absolute Gasteiger partial charge is 0.396 e. The molecule has 0 aromatic rings. The number of allylic oxidation sites excluding steroid dienone is 2. The van der Waals surface area contributed by atoms with Crippen LogP contribution in [0.3, 0.4) is 0 Å². The van der Waals surface area contributed by atoms with Crippen LogP contribution in [0.1, 0.15) is 142 Å². The quantitative estimate of drug-likeness (QED) is 0.159. The molecule has 26 heavy (non-hydrogen) atoms. The summed E-state index contributed by atoms with van der Waals surface area (Å²) in [5.74, 6) is 0. The average Bonchev–Trinajstić information content (AvgIpc) is 2.65. The minimum Gasteiger partial charge on any atom is -0.396 e. The first-order chi connectivity index (χ1) is 12.8. The van der Waals surface area contributed by atoms with Gasteiger partial charge >= 0.3 is 0 Å². The average molecular weight is 367 g/mol. The zero-order chi connectivity index (χ0) is 19.1. The number of aliphatic hydroxyl groups excluding tert-OH is 1. The summed E-state index contributed by atoms with van der Waals surface area (Å²) in [5, 5.41) is 9.02. The van der Waals surface area contributed by atoms with Crippen molar-refractivity contribution in [3.63, 3.8) is 0 Å². The minimum atomic E-state index is 0.333. The van der Waals surface area contributed by atoms with Crippen LogP contribution >= 0.6 is 0 Å². The van der Waals surface area contributed by atoms with Gasteiger partial charge in [-0.25, -0.2) is 0 Å². The van der Waals surface area contributed by atoms with Crippen LogP contribution in [-0.4, -0.2) is 11.7 Å². The van der Waals surface area contributed by atoms with E-state index in [4.69, 9.17) is 5.11 Å². The van der Waals surface area contributed by atoms with Crippen molar-refractivity contribution in [1.82, 2.24) is 0 Å². The second-order valence-electron chi connectivity index (χ2n) is 8.18. The maximum Gasteiger partial charge on any atom is 0.0433 e. The predicted octanol–water partition coefficient (Wildman–Crippen LogP) is 8.75. The zero-order valence-electron chi connectivity index (χ0n) is 18.4. The summed E-state index contributed by atoms with van der Waals surface area (Å²) in [6, 6.07) is 0. The Labute approximate surface area is 166 Å². The second kappa shape index (κ2) is 22.7. The van der Waals surface area contributed by atoms with Gasteiger partial charge < -0.3 is 5.11 Å². The van der Waals surface area contributed by atoms with Crippen molar-refractivity contribution < 1.29 is 5.11 Å². The van der Waals surface area contributed by atoms with Gasteiger partial charge in [0.15, 0.2) is 0 Å². The highest BCUT2D eigenvalue weighted by Crippen LogP contribution is 2.20. The molecular weight excluding hydrogens is 316 g/mol. The van der Waals surface area contributed by atoms with Gasteiger partial charge in [-0.3, -0.25) is 0 Å². The molecule has 0 spiro atoms. The van der Waals surface area contributed by atoms with E-state index in [0.29, 0.717) is 6.61 Å². The standard InChI is InChI=1S/C25H50O/c1-3-5-7-9-11-13-15-17-21-25(23-19-20-24-26)22-18-16-14-12-10-8-6-4-2/h23,26H,3-22,24H2,1-2H3. The Balaban J connectivity index is 3.72. The van der Waals surface area contributed by atoms with Crippen LogP contribution in [0.5, 0.6) is 0 Å². The molecule has 0 amide bonds. The van der Waals surface area contributed by atoms with E-state index in [-0.39, 0.29) is 0 Å². The fraction of sp³-hybridized carbons (Fsp3) is 0.920. The van der Waals surface area contributed by atoms with Crippen molar-refractivity contribution in [3.8, 4) is 0 Å². The molecule has 0 bridgehead atoms. The molecule has 0 aliphatic rings. The van der Waals surface area contributed by atoms with Gasteiger partial charge in [0.1, 0.15) is 0 Å². The number of hydrogen-bond donors (Lipinski definition) is 1. The molecule has 1 N–H and O–H groups in total. The second-order valence-corrected chi connectivity index (χ2v) is 8.18. The smallest absolute Gasteiger partial charge is 0.0433 e.